The van der Waals surface area contributed by atoms with Gasteiger partial charge in [0, 0.05) is 16.3 Å². The minimum absolute atomic E-state index is 0.823. The maximum absolute atomic E-state index is 6.62. The van der Waals surface area contributed by atoms with Crippen LogP contribution in [0.1, 0.15) is 0 Å². The fraction of sp³-hybridized carbons (Fsp3) is 0. The van der Waals surface area contributed by atoms with Gasteiger partial charge in [0.05, 0.1) is 11.6 Å². The number of hydrogen-bond acceptors (Lipinski definition) is 2. The van der Waals surface area contributed by atoms with Crippen molar-refractivity contribution in [3.05, 3.63) is 170 Å². The Morgan fingerprint density at radius 3 is 1.54 bits per heavy atom. The van der Waals surface area contributed by atoms with Crippen LogP contribution in [-0.2, 0) is 0 Å². The normalized spacial score (nSPS) is 11.8. The summed E-state index contributed by atoms with van der Waals surface area (Å²) in [6.45, 7) is 0. The van der Waals surface area contributed by atoms with E-state index in [1.165, 1.54) is 49.4 Å². The van der Waals surface area contributed by atoms with Crippen LogP contribution in [0.15, 0.2) is 179 Å². The van der Waals surface area contributed by atoms with Gasteiger partial charge in [-0.2, -0.15) is 0 Å². The summed E-state index contributed by atoms with van der Waals surface area (Å²) < 4.78 is 12.6. The predicted molar refractivity (Wildman–Crippen MR) is 200 cm³/mol. The van der Waals surface area contributed by atoms with Gasteiger partial charge in [-0.3, -0.25) is 0 Å². The molecule has 0 saturated heterocycles. The second kappa shape index (κ2) is 10.6. The van der Waals surface area contributed by atoms with Gasteiger partial charge in [-0.05, 0) is 84.8 Å². The summed E-state index contributed by atoms with van der Waals surface area (Å²) in [5, 5.41) is 8.11. The first-order valence-electron chi connectivity index (χ1n) is 16.3. The van der Waals surface area contributed by atoms with Crippen molar-refractivity contribution in [2.45, 2.75) is 0 Å². The zero-order valence-electron chi connectivity index (χ0n) is 26.0. The molecule has 0 unspecified atom stereocenters. The maximum atomic E-state index is 6.62. The number of hydrogen-bond donors (Lipinski definition) is 0. The van der Waals surface area contributed by atoms with Gasteiger partial charge in [-0.25, -0.2) is 0 Å². The van der Waals surface area contributed by atoms with E-state index in [2.05, 4.69) is 158 Å². The van der Waals surface area contributed by atoms with Crippen LogP contribution in [0.3, 0.4) is 0 Å². The van der Waals surface area contributed by atoms with Crippen molar-refractivity contribution in [2.75, 3.05) is 0 Å². The highest BCUT2D eigenvalue weighted by molar-refractivity contribution is 6.24. The fourth-order valence-electron chi connectivity index (χ4n) is 7.64. The average molecular weight is 613 g/mol. The van der Waals surface area contributed by atoms with E-state index in [0.717, 1.165) is 49.6 Å². The zero-order valence-corrected chi connectivity index (χ0v) is 26.0. The molecular weight excluding hydrogens is 585 g/mol. The fourth-order valence-corrected chi connectivity index (χ4v) is 7.64. The highest BCUT2D eigenvalue weighted by Gasteiger charge is 2.21. The molecular formula is C46H28O2. The second-order valence-electron chi connectivity index (χ2n) is 12.4. The number of fused-ring (bicyclic) bond motifs is 7. The summed E-state index contributed by atoms with van der Waals surface area (Å²) >= 11 is 0. The second-order valence-corrected chi connectivity index (χ2v) is 12.4. The Hall–Kier alpha value is -6.38. The van der Waals surface area contributed by atoms with E-state index in [-0.39, 0.29) is 0 Å². The Balaban J connectivity index is 1.25. The summed E-state index contributed by atoms with van der Waals surface area (Å²) in [6, 6.07) is 58.4. The average Bonchev–Trinajstić information content (AvgIpc) is 3.76. The molecule has 0 aliphatic heterocycles. The molecule has 2 aromatic heterocycles. The van der Waals surface area contributed by atoms with Gasteiger partial charge < -0.3 is 8.83 Å². The Morgan fingerprint density at radius 2 is 0.875 bits per heavy atom. The highest BCUT2D eigenvalue weighted by Crippen LogP contribution is 2.47. The molecule has 0 fully saturated rings. The molecule has 0 atom stereocenters. The van der Waals surface area contributed by atoms with Gasteiger partial charge in [-0.1, -0.05) is 140 Å². The summed E-state index contributed by atoms with van der Waals surface area (Å²) in [6.07, 6.45) is 1.84. The lowest BCUT2D eigenvalue weighted by atomic mass is 9.83. The van der Waals surface area contributed by atoms with E-state index >= 15 is 0 Å². The van der Waals surface area contributed by atoms with Crippen LogP contribution >= 0.6 is 0 Å². The maximum Gasteiger partial charge on any atom is 0.147 e. The van der Waals surface area contributed by atoms with Crippen molar-refractivity contribution in [3.63, 3.8) is 0 Å². The van der Waals surface area contributed by atoms with Gasteiger partial charge in [0.15, 0.2) is 0 Å². The third-order valence-corrected chi connectivity index (χ3v) is 9.76. The van der Waals surface area contributed by atoms with Crippen LogP contribution in [0.25, 0.3) is 99.0 Å². The molecule has 0 spiro atoms. The topological polar surface area (TPSA) is 26.3 Å². The first-order chi connectivity index (χ1) is 23.8. The van der Waals surface area contributed by atoms with Crippen LogP contribution in [0, 0.1) is 0 Å². The van der Waals surface area contributed by atoms with E-state index in [4.69, 9.17) is 8.83 Å². The highest BCUT2D eigenvalue weighted by atomic mass is 16.3. The van der Waals surface area contributed by atoms with Crippen LogP contribution < -0.4 is 0 Å². The van der Waals surface area contributed by atoms with Crippen LogP contribution in [0.4, 0.5) is 0 Å². The third-order valence-electron chi connectivity index (χ3n) is 9.76. The van der Waals surface area contributed by atoms with E-state index in [9.17, 15) is 0 Å². The Morgan fingerprint density at radius 1 is 0.333 bits per heavy atom. The monoisotopic (exact) mass is 612 g/mol. The van der Waals surface area contributed by atoms with Gasteiger partial charge in [0.25, 0.3) is 0 Å². The van der Waals surface area contributed by atoms with Gasteiger partial charge in [-0.15, -0.1) is 0 Å². The molecule has 0 aliphatic carbocycles. The first kappa shape index (κ1) is 26.8. The summed E-state index contributed by atoms with van der Waals surface area (Å²) in [4.78, 5) is 0. The molecule has 2 heterocycles. The van der Waals surface area contributed by atoms with Crippen LogP contribution in [0.2, 0.25) is 0 Å². The number of rotatable bonds is 4. The van der Waals surface area contributed by atoms with E-state index in [1.807, 2.05) is 12.3 Å². The van der Waals surface area contributed by atoms with Gasteiger partial charge >= 0.3 is 0 Å². The molecule has 48 heavy (non-hydrogen) atoms. The van der Waals surface area contributed by atoms with Crippen molar-refractivity contribution in [1.29, 1.82) is 0 Å². The van der Waals surface area contributed by atoms with Gasteiger partial charge in [0.2, 0.25) is 0 Å². The molecule has 0 saturated carbocycles. The SMILES string of the molecule is c1ccc(-c2ccccc2-c2c3ccccc3c(-c3ccc4oc5c(ccc6occ(-c7ccccc7)c65)c4c3)c3ccccc23)cc1. The molecule has 0 amide bonds. The molecule has 0 bridgehead atoms. The predicted octanol–water partition coefficient (Wildman–Crippen LogP) is 13.3. The van der Waals surface area contributed by atoms with Crippen molar-refractivity contribution in [2.24, 2.45) is 0 Å². The molecule has 10 rings (SSSR count). The standard InChI is InChI=1S/C46H28O2/c1-3-13-29(14-4-1)32-17-7-8-18-33(32)44-36-21-11-9-19-34(36)43(35-20-10-12-22-37(35)44)31-23-25-41-39(27-31)38-24-26-42-45(46(38)48-41)40(28-47-42)30-15-5-2-6-16-30/h1-28H. The summed E-state index contributed by atoms with van der Waals surface area (Å²) in [5.41, 5.74) is 12.0. The molecule has 10 aromatic rings. The smallest absolute Gasteiger partial charge is 0.147 e. The molecule has 8 aromatic carbocycles. The van der Waals surface area contributed by atoms with Gasteiger partial charge in [0.1, 0.15) is 16.7 Å². The molecule has 0 aliphatic rings. The molecule has 2 nitrogen and oxygen atoms in total. The van der Waals surface area contributed by atoms with Crippen molar-refractivity contribution >= 4 is 54.5 Å². The molecule has 0 N–H and O–H groups in total. The van der Waals surface area contributed by atoms with E-state index < -0.39 is 0 Å². The molecule has 224 valence electrons. The minimum atomic E-state index is 0.823. The zero-order chi connectivity index (χ0) is 31.6. The van der Waals surface area contributed by atoms with Crippen molar-refractivity contribution in [3.8, 4) is 44.5 Å². The van der Waals surface area contributed by atoms with Crippen LogP contribution in [0.5, 0.6) is 0 Å². The minimum Gasteiger partial charge on any atom is -0.464 e. The number of furan rings is 2. The summed E-state index contributed by atoms with van der Waals surface area (Å²) in [7, 11) is 0. The van der Waals surface area contributed by atoms with E-state index in [0.29, 0.717) is 0 Å². The third kappa shape index (κ3) is 4.00. The van der Waals surface area contributed by atoms with Crippen molar-refractivity contribution < 1.29 is 8.83 Å². The van der Waals surface area contributed by atoms with Crippen LogP contribution in [-0.4, -0.2) is 0 Å². The largest absolute Gasteiger partial charge is 0.464 e. The molecule has 2 heteroatoms. The quantitative estimate of drug-likeness (QED) is 0.185. The lowest BCUT2D eigenvalue weighted by Gasteiger charge is -2.19. The Labute approximate surface area is 277 Å². The number of benzene rings is 8. The Kier molecular flexibility index (Phi) is 5.91. The lowest BCUT2D eigenvalue weighted by Crippen LogP contribution is -1.92. The van der Waals surface area contributed by atoms with E-state index in [1.54, 1.807) is 0 Å². The Bertz CT molecular complexity index is 2760. The first-order valence-corrected chi connectivity index (χ1v) is 16.3. The molecule has 0 radical (unpaired) electrons. The van der Waals surface area contributed by atoms with Crippen molar-refractivity contribution in [1.82, 2.24) is 0 Å². The summed E-state index contributed by atoms with van der Waals surface area (Å²) in [5.74, 6) is 0. The lowest BCUT2D eigenvalue weighted by molar-refractivity contribution is 0.616.